The average molecular weight is 679 g/mol. The molecule has 0 fully saturated rings. The molecule has 12 heteroatoms. The Bertz CT molecular complexity index is 1310. The quantitative estimate of drug-likeness (QED) is 0.305. The monoisotopic (exact) mass is 678 g/mol. The molecule has 0 spiro atoms. The summed E-state index contributed by atoms with van der Waals surface area (Å²) in [6, 6.07) is 9.75. The lowest BCUT2D eigenvalue weighted by molar-refractivity contribution is -0.137. The fourth-order valence-corrected chi connectivity index (χ4v) is 5.72. The van der Waals surface area contributed by atoms with Crippen LogP contribution < -0.4 is 10.1 Å². The molecule has 0 unspecified atom stereocenters. The molecule has 2 aromatic carbocycles. The number of halogens is 3. The van der Waals surface area contributed by atoms with E-state index in [9.17, 15) is 27.9 Å². The molecule has 2 amide bonds. The summed E-state index contributed by atoms with van der Waals surface area (Å²) >= 11 is 0. The Kier molecular flexibility index (Phi) is 15.2. The van der Waals surface area contributed by atoms with Gasteiger partial charge in [-0.15, -0.1) is 0 Å². The second kappa shape index (κ2) is 18.5. The number of nitrogens with zero attached hydrogens (tertiary/aromatic N) is 3. The standard InChI is InChI=1S/C36H53F3N4O5/c1-25-21-43(26(2)24-44)35(46)31-20-30(40-34(45)11-9-18-41(4)5)16-17-32(31)48-27(3)10-7-8-19-47-33(25)23-42(6)22-28-12-14-29(15-13-28)36(37,38)39/h12-17,20,25-27,33,44H,7-11,18-19,21-24H2,1-6H3,(H,40,45)/t25-,26-,27+,33+/m1/s1. The molecule has 0 aliphatic carbocycles. The highest BCUT2D eigenvalue weighted by molar-refractivity contribution is 5.99. The van der Waals surface area contributed by atoms with Gasteiger partial charge in [0.15, 0.2) is 0 Å². The smallest absolute Gasteiger partial charge is 0.416 e. The average Bonchev–Trinajstić information content (AvgIpc) is 3.02. The SMILES string of the molecule is C[C@@H]1CN([C@H](C)CO)C(=O)c2cc(NC(=O)CCCN(C)C)ccc2O[C@@H](C)CCCCO[C@H]1CN(C)Cc1ccc(C(F)(F)F)cc1. The predicted octanol–water partition coefficient (Wildman–Crippen LogP) is 5.91. The number of carbonyl (C=O) groups is 2. The number of amides is 2. The second-order valence-corrected chi connectivity index (χ2v) is 13.4. The zero-order valence-electron chi connectivity index (χ0n) is 29.2. The van der Waals surface area contributed by atoms with Crippen molar-refractivity contribution in [2.24, 2.45) is 5.92 Å². The van der Waals surface area contributed by atoms with Crippen LogP contribution >= 0.6 is 0 Å². The van der Waals surface area contributed by atoms with E-state index >= 15 is 0 Å². The lowest BCUT2D eigenvalue weighted by Gasteiger charge is -2.36. The van der Waals surface area contributed by atoms with Gasteiger partial charge in [0.05, 0.1) is 36.0 Å². The van der Waals surface area contributed by atoms with E-state index < -0.39 is 17.8 Å². The van der Waals surface area contributed by atoms with Gasteiger partial charge in [0.1, 0.15) is 5.75 Å². The summed E-state index contributed by atoms with van der Waals surface area (Å²) in [4.78, 5) is 32.6. The largest absolute Gasteiger partial charge is 0.490 e. The van der Waals surface area contributed by atoms with Crippen LogP contribution in [0.1, 0.15) is 74.4 Å². The van der Waals surface area contributed by atoms with Crippen molar-refractivity contribution in [3.8, 4) is 5.75 Å². The lowest BCUT2D eigenvalue weighted by atomic mass is 10.0. The number of aliphatic hydroxyl groups is 1. The second-order valence-electron chi connectivity index (χ2n) is 13.4. The summed E-state index contributed by atoms with van der Waals surface area (Å²) in [6.07, 6.45) is -1.43. The van der Waals surface area contributed by atoms with Crippen molar-refractivity contribution in [1.82, 2.24) is 14.7 Å². The van der Waals surface area contributed by atoms with E-state index in [1.807, 2.05) is 44.8 Å². The summed E-state index contributed by atoms with van der Waals surface area (Å²) in [5, 5.41) is 13.1. The van der Waals surface area contributed by atoms with E-state index in [0.29, 0.717) is 49.5 Å². The Morgan fingerprint density at radius 3 is 2.46 bits per heavy atom. The van der Waals surface area contributed by atoms with Crippen LogP contribution in [0, 0.1) is 5.92 Å². The Morgan fingerprint density at radius 2 is 1.81 bits per heavy atom. The van der Waals surface area contributed by atoms with Crippen molar-refractivity contribution in [1.29, 1.82) is 0 Å². The molecule has 48 heavy (non-hydrogen) atoms. The number of hydrogen-bond donors (Lipinski definition) is 2. The fourth-order valence-electron chi connectivity index (χ4n) is 5.72. The number of fused-ring (bicyclic) bond motifs is 1. The minimum atomic E-state index is -4.39. The maximum atomic E-state index is 14.3. The van der Waals surface area contributed by atoms with E-state index in [1.165, 1.54) is 12.1 Å². The zero-order valence-corrected chi connectivity index (χ0v) is 29.2. The Labute approximate surface area is 283 Å². The third-order valence-corrected chi connectivity index (χ3v) is 8.57. The van der Waals surface area contributed by atoms with Gasteiger partial charge in [-0.1, -0.05) is 19.1 Å². The molecule has 0 radical (unpaired) electrons. The van der Waals surface area contributed by atoms with E-state index in [4.69, 9.17) is 9.47 Å². The summed E-state index contributed by atoms with van der Waals surface area (Å²) in [5.74, 6) is -0.219. The molecular weight excluding hydrogens is 625 g/mol. The molecule has 9 nitrogen and oxygen atoms in total. The molecule has 268 valence electrons. The third-order valence-electron chi connectivity index (χ3n) is 8.57. The van der Waals surface area contributed by atoms with Gasteiger partial charge in [-0.3, -0.25) is 14.5 Å². The highest BCUT2D eigenvalue weighted by Gasteiger charge is 2.31. The third kappa shape index (κ3) is 12.4. The van der Waals surface area contributed by atoms with Crippen molar-refractivity contribution < 1.29 is 37.3 Å². The Hall–Kier alpha value is -3.19. The molecule has 3 rings (SSSR count). The predicted molar refractivity (Wildman–Crippen MR) is 181 cm³/mol. The maximum Gasteiger partial charge on any atom is 0.416 e. The van der Waals surface area contributed by atoms with Gasteiger partial charge in [0.25, 0.3) is 5.91 Å². The number of anilines is 1. The molecule has 2 aromatic rings. The first-order valence-electron chi connectivity index (χ1n) is 16.8. The highest BCUT2D eigenvalue weighted by Crippen LogP contribution is 2.30. The van der Waals surface area contributed by atoms with E-state index in [2.05, 4.69) is 5.32 Å². The number of hydrogen-bond acceptors (Lipinski definition) is 7. The number of likely N-dealkylation sites (N-methyl/N-ethyl adjacent to an activating group) is 1. The molecule has 0 saturated carbocycles. The fraction of sp³-hybridized carbons (Fsp3) is 0.611. The Balaban J connectivity index is 1.85. The summed E-state index contributed by atoms with van der Waals surface area (Å²) < 4.78 is 51.8. The van der Waals surface area contributed by atoms with Gasteiger partial charge >= 0.3 is 6.18 Å². The Morgan fingerprint density at radius 1 is 1.10 bits per heavy atom. The summed E-state index contributed by atoms with van der Waals surface area (Å²) in [5.41, 5.74) is 0.853. The van der Waals surface area contributed by atoms with Crippen LogP contribution in [0.15, 0.2) is 42.5 Å². The van der Waals surface area contributed by atoms with Gasteiger partial charge in [-0.05, 0) is 103 Å². The molecule has 0 bridgehead atoms. The van der Waals surface area contributed by atoms with Gasteiger partial charge in [-0.25, -0.2) is 0 Å². The number of alkyl halides is 3. The van der Waals surface area contributed by atoms with Crippen LogP contribution in [0.4, 0.5) is 18.9 Å². The van der Waals surface area contributed by atoms with Crippen molar-refractivity contribution in [3.05, 3.63) is 59.2 Å². The first kappa shape index (κ1) is 39.3. The molecule has 0 saturated heterocycles. The highest BCUT2D eigenvalue weighted by atomic mass is 19.4. The lowest BCUT2D eigenvalue weighted by Crippen LogP contribution is -2.47. The van der Waals surface area contributed by atoms with Gasteiger partial charge in [-0.2, -0.15) is 13.2 Å². The number of benzene rings is 2. The van der Waals surface area contributed by atoms with Gasteiger partial charge in [0, 0.05) is 44.3 Å². The molecule has 1 aliphatic rings. The zero-order chi connectivity index (χ0) is 35.4. The van der Waals surface area contributed by atoms with Crippen LogP contribution in [-0.4, -0.2) is 104 Å². The first-order chi connectivity index (χ1) is 22.7. The number of ether oxygens (including phenoxy) is 2. The molecule has 0 aromatic heterocycles. The van der Waals surface area contributed by atoms with E-state index in [0.717, 1.165) is 43.5 Å². The minimum Gasteiger partial charge on any atom is -0.490 e. The topological polar surface area (TPSA) is 94.6 Å². The number of nitrogens with one attached hydrogen (secondary N) is 1. The number of rotatable bonds is 11. The molecule has 1 heterocycles. The van der Waals surface area contributed by atoms with Crippen molar-refractivity contribution >= 4 is 17.5 Å². The first-order valence-corrected chi connectivity index (χ1v) is 16.8. The van der Waals surface area contributed by atoms with E-state index in [1.54, 1.807) is 30.0 Å². The van der Waals surface area contributed by atoms with Crippen molar-refractivity contribution in [2.45, 2.75) is 83.8 Å². The molecule has 2 N–H and O–H groups in total. The van der Waals surface area contributed by atoms with Crippen molar-refractivity contribution in [2.75, 3.05) is 59.3 Å². The van der Waals surface area contributed by atoms with E-state index in [-0.39, 0.29) is 43.1 Å². The maximum absolute atomic E-state index is 14.3. The molecule has 4 atom stereocenters. The molecular formula is C36H53F3N4O5. The summed E-state index contributed by atoms with van der Waals surface area (Å²) in [6.45, 7) is 7.94. The number of aliphatic hydroxyl groups excluding tert-OH is 1. The van der Waals surface area contributed by atoms with Crippen molar-refractivity contribution in [3.63, 3.8) is 0 Å². The summed E-state index contributed by atoms with van der Waals surface area (Å²) in [7, 11) is 5.80. The number of carbonyl (C=O) groups excluding carboxylic acids is 2. The van der Waals surface area contributed by atoms with Crippen LogP contribution in [0.25, 0.3) is 0 Å². The van der Waals surface area contributed by atoms with Crippen LogP contribution in [0.3, 0.4) is 0 Å². The minimum absolute atomic E-state index is 0.144. The van der Waals surface area contributed by atoms with Crippen LogP contribution in [-0.2, 0) is 22.3 Å². The molecule has 1 aliphatic heterocycles. The van der Waals surface area contributed by atoms with Crippen LogP contribution in [0.5, 0.6) is 5.75 Å². The van der Waals surface area contributed by atoms with Crippen LogP contribution in [0.2, 0.25) is 0 Å². The van der Waals surface area contributed by atoms with Gasteiger partial charge in [0.2, 0.25) is 5.91 Å². The normalized spacial score (nSPS) is 20.6. The van der Waals surface area contributed by atoms with Gasteiger partial charge < -0.3 is 29.7 Å².